The molecule has 4 heteroatoms. The molecule has 92 valence electrons. The van der Waals surface area contributed by atoms with E-state index in [2.05, 4.69) is 34.8 Å². The second kappa shape index (κ2) is 5.19. The maximum atomic E-state index is 5.54. The first kappa shape index (κ1) is 11.9. The van der Waals surface area contributed by atoms with Gasteiger partial charge in [0.05, 0.1) is 12.8 Å². The molecule has 0 radical (unpaired) electrons. The van der Waals surface area contributed by atoms with Crippen LogP contribution in [0.25, 0.3) is 0 Å². The molecule has 0 aliphatic rings. The lowest BCUT2D eigenvalue weighted by molar-refractivity contribution is 0.487. The number of hydrogen-bond acceptors (Lipinski definition) is 3. The van der Waals surface area contributed by atoms with Gasteiger partial charge in [-0.15, -0.1) is 0 Å². The highest BCUT2D eigenvalue weighted by molar-refractivity contribution is 5.13. The molecule has 0 fully saturated rings. The minimum atomic E-state index is 0.490. The van der Waals surface area contributed by atoms with Crippen LogP contribution in [0.4, 0.5) is 0 Å². The fraction of sp³-hybridized carbons (Fsp3) is 0.462. The van der Waals surface area contributed by atoms with E-state index >= 15 is 0 Å². The molecule has 0 atom stereocenters. The summed E-state index contributed by atoms with van der Waals surface area (Å²) in [4.78, 5) is 4.19. The van der Waals surface area contributed by atoms with Gasteiger partial charge in [-0.3, -0.25) is 0 Å². The van der Waals surface area contributed by atoms with Crippen LogP contribution in [0.3, 0.4) is 0 Å². The summed E-state index contributed by atoms with van der Waals surface area (Å²) in [5.41, 5.74) is 1.19. The van der Waals surface area contributed by atoms with Gasteiger partial charge < -0.3 is 14.3 Å². The van der Waals surface area contributed by atoms with E-state index in [1.807, 2.05) is 19.4 Å². The molecule has 2 rings (SSSR count). The van der Waals surface area contributed by atoms with Crippen molar-refractivity contribution in [2.45, 2.75) is 39.9 Å². The summed E-state index contributed by atoms with van der Waals surface area (Å²) in [6, 6.07) is 2.58. The molecule has 4 nitrogen and oxygen atoms in total. The van der Waals surface area contributed by atoms with E-state index in [4.69, 9.17) is 4.42 Å². The van der Waals surface area contributed by atoms with Gasteiger partial charge in [0.1, 0.15) is 11.6 Å². The van der Waals surface area contributed by atoms with Crippen LogP contribution >= 0.6 is 0 Å². The molecule has 0 spiro atoms. The molecule has 0 saturated carbocycles. The van der Waals surface area contributed by atoms with Crippen LogP contribution in [0, 0.1) is 6.92 Å². The van der Waals surface area contributed by atoms with Gasteiger partial charge >= 0.3 is 0 Å². The lowest BCUT2D eigenvalue weighted by atomic mass is 10.3. The zero-order valence-electron chi connectivity index (χ0n) is 10.6. The minimum Gasteiger partial charge on any atom is -0.467 e. The summed E-state index contributed by atoms with van der Waals surface area (Å²) in [7, 11) is 0. The topological polar surface area (TPSA) is 43.0 Å². The average Bonchev–Trinajstić information content (AvgIpc) is 2.87. The highest BCUT2D eigenvalue weighted by atomic mass is 16.3. The van der Waals surface area contributed by atoms with Crippen LogP contribution in [0.15, 0.2) is 29.1 Å². The van der Waals surface area contributed by atoms with Gasteiger partial charge in [-0.1, -0.05) is 13.8 Å². The predicted octanol–water partition coefficient (Wildman–Crippen LogP) is 2.33. The normalized spacial score (nSPS) is 11.3. The number of furan rings is 1. The molecule has 2 aromatic rings. The minimum absolute atomic E-state index is 0.490. The van der Waals surface area contributed by atoms with Gasteiger partial charge in [0.2, 0.25) is 0 Å². The summed E-state index contributed by atoms with van der Waals surface area (Å²) in [5.74, 6) is 1.97. The summed E-state index contributed by atoms with van der Waals surface area (Å²) >= 11 is 0. The third-order valence-electron chi connectivity index (χ3n) is 2.67. The molecule has 0 unspecified atom stereocenters. The molecule has 0 aliphatic heterocycles. The van der Waals surface area contributed by atoms with Gasteiger partial charge in [-0.2, -0.15) is 0 Å². The Labute approximate surface area is 102 Å². The number of rotatable bonds is 5. The molecule has 1 N–H and O–H groups in total. The standard InChI is InChI=1S/C13H19N3O/c1-10(2)15-7-12-6-13(17-9-12)8-16-5-4-14-11(16)3/h4-6,9-10,15H,7-8H2,1-3H3. The average molecular weight is 233 g/mol. The van der Waals surface area contributed by atoms with E-state index < -0.39 is 0 Å². The Kier molecular flexibility index (Phi) is 3.64. The Morgan fingerprint density at radius 1 is 1.47 bits per heavy atom. The first-order chi connectivity index (χ1) is 8.15. The van der Waals surface area contributed by atoms with Gasteiger partial charge in [0.25, 0.3) is 0 Å². The maximum Gasteiger partial charge on any atom is 0.123 e. The Balaban J connectivity index is 1.97. The number of imidazole rings is 1. The molecule has 17 heavy (non-hydrogen) atoms. The summed E-state index contributed by atoms with van der Waals surface area (Å²) in [5, 5.41) is 3.37. The van der Waals surface area contributed by atoms with Gasteiger partial charge in [-0.25, -0.2) is 4.98 Å². The Bertz CT molecular complexity index is 470. The van der Waals surface area contributed by atoms with Crippen LogP contribution in [-0.4, -0.2) is 15.6 Å². The number of nitrogens with one attached hydrogen (secondary N) is 1. The van der Waals surface area contributed by atoms with Crippen molar-refractivity contribution in [3.63, 3.8) is 0 Å². The van der Waals surface area contributed by atoms with Crippen molar-refractivity contribution in [2.75, 3.05) is 0 Å². The SMILES string of the molecule is Cc1nccn1Cc1cc(CNC(C)C)co1. The molecule has 0 aromatic carbocycles. The summed E-state index contributed by atoms with van der Waals surface area (Å²) < 4.78 is 7.60. The Morgan fingerprint density at radius 2 is 2.29 bits per heavy atom. The monoisotopic (exact) mass is 233 g/mol. The zero-order valence-corrected chi connectivity index (χ0v) is 10.6. The Morgan fingerprint density at radius 3 is 2.94 bits per heavy atom. The maximum absolute atomic E-state index is 5.54. The molecular weight excluding hydrogens is 214 g/mol. The van der Waals surface area contributed by atoms with Crippen molar-refractivity contribution in [1.82, 2.24) is 14.9 Å². The first-order valence-electron chi connectivity index (χ1n) is 5.92. The van der Waals surface area contributed by atoms with Crippen molar-refractivity contribution < 1.29 is 4.42 Å². The molecule has 0 aliphatic carbocycles. The van der Waals surface area contributed by atoms with Crippen molar-refractivity contribution in [2.24, 2.45) is 0 Å². The number of nitrogens with zero attached hydrogens (tertiary/aromatic N) is 2. The number of hydrogen-bond donors (Lipinski definition) is 1. The second-order valence-corrected chi connectivity index (χ2v) is 4.56. The first-order valence-corrected chi connectivity index (χ1v) is 5.92. The molecule has 2 aromatic heterocycles. The predicted molar refractivity (Wildman–Crippen MR) is 66.7 cm³/mol. The van der Waals surface area contributed by atoms with Crippen molar-refractivity contribution >= 4 is 0 Å². The highest BCUT2D eigenvalue weighted by Gasteiger charge is 2.04. The van der Waals surface area contributed by atoms with Crippen molar-refractivity contribution in [3.8, 4) is 0 Å². The fourth-order valence-corrected chi connectivity index (χ4v) is 1.66. The highest BCUT2D eigenvalue weighted by Crippen LogP contribution is 2.10. The summed E-state index contributed by atoms with van der Waals surface area (Å²) in [6.45, 7) is 7.85. The van der Waals surface area contributed by atoms with Gasteiger partial charge in [0.15, 0.2) is 0 Å². The lowest BCUT2D eigenvalue weighted by Gasteiger charge is -2.04. The van der Waals surface area contributed by atoms with Crippen LogP contribution in [0.5, 0.6) is 0 Å². The van der Waals surface area contributed by atoms with Crippen LogP contribution in [-0.2, 0) is 13.1 Å². The third kappa shape index (κ3) is 3.20. The van der Waals surface area contributed by atoms with Crippen molar-refractivity contribution in [3.05, 3.63) is 41.9 Å². The molecule has 2 heterocycles. The molecule has 0 amide bonds. The number of aromatic nitrogens is 2. The van der Waals surface area contributed by atoms with Gasteiger partial charge in [0, 0.05) is 30.5 Å². The molecule has 0 bridgehead atoms. The Hall–Kier alpha value is -1.55. The third-order valence-corrected chi connectivity index (χ3v) is 2.67. The van der Waals surface area contributed by atoms with Crippen LogP contribution in [0.2, 0.25) is 0 Å². The zero-order chi connectivity index (χ0) is 12.3. The molecule has 0 saturated heterocycles. The van der Waals surface area contributed by atoms with E-state index in [0.717, 1.165) is 24.7 Å². The van der Waals surface area contributed by atoms with E-state index in [-0.39, 0.29) is 0 Å². The smallest absolute Gasteiger partial charge is 0.123 e. The second-order valence-electron chi connectivity index (χ2n) is 4.56. The molecular formula is C13H19N3O. The largest absolute Gasteiger partial charge is 0.467 e. The quantitative estimate of drug-likeness (QED) is 0.862. The number of aryl methyl sites for hydroxylation is 1. The fourth-order valence-electron chi connectivity index (χ4n) is 1.66. The van der Waals surface area contributed by atoms with E-state index in [1.54, 1.807) is 6.20 Å². The van der Waals surface area contributed by atoms with Crippen LogP contribution in [0.1, 0.15) is 31.0 Å². The lowest BCUT2D eigenvalue weighted by Crippen LogP contribution is -2.21. The van der Waals surface area contributed by atoms with Gasteiger partial charge in [-0.05, 0) is 13.0 Å². The van der Waals surface area contributed by atoms with E-state index in [9.17, 15) is 0 Å². The van der Waals surface area contributed by atoms with Crippen LogP contribution < -0.4 is 5.32 Å². The summed E-state index contributed by atoms with van der Waals surface area (Å²) in [6.07, 6.45) is 5.58. The van der Waals surface area contributed by atoms with Crippen molar-refractivity contribution in [1.29, 1.82) is 0 Å². The van der Waals surface area contributed by atoms with E-state index in [0.29, 0.717) is 6.04 Å². The van der Waals surface area contributed by atoms with E-state index in [1.165, 1.54) is 5.56 Å².